The third kappa shape index (κ3) is 7.32. The molecule has 0 fully saturated rings. The van der Waals surface area contributed by atoms with E-state index in [0.717, 1.165) is 6.07 Å². The van der Waals surface area contributed by atoms with Crippen molar-refractivity contribution in [3.63, 3.8) is 0 Å². The Hall–Kier alpha value is -0.961. The normalized spacial score (nSPS) is 13.6. The molecule has 0 aromatic heterocycles. The van der Waals surface area contributed by atoms with E-state index in [1.807, 2.05) is 0 Å². The Morgan fingerprint density at radius 3 is 1.80 bits per heavy atom. The fraction of sp³-hybridized carbons (Fsp3) is 0.682. The molecular weight excluding hydrogens is 412 g/mol. The lowest BCUT2D eigenvalue weighted by Crippen LogP contribution is -2.50. The lowest BCUT2D eigenvalue weighted by molar-refractivity contribution is 0.0883. The van der Waals surface area contributed by atoms with Crippen LogP contribution in [0.5, 0.6) is 0 Å². The summed E-state index contributed by atoms with van der Waals surface area (Å²) in [4.78, 5) is 12.7. The highest BCUT2D eigenvalue weighted by molar-refractivity contribution is 6.74. The number of carbonyl (C=O) groups is 1. The van der Waals surface area contributed by atoms with Gasteiger partial charge in [0.2, 0.25) is 0 Å². The minimum absolute atomic E-state index is 0.0335. The van der Waals surface area contributed by atoms with Gasteiger partial charge in [0.15, 0.2) is 16.6 Å². The molecule has 1 N–H and O–H groups in total. The zero-order valence-corrected chi connectivity index (χ0v) is 22.4. The van der Waals surface area contributed by atoms with Gasteiger partial charge in [-0.3, -0.25) is 4.79 Å². The third-order valence-corrected chi connectivity index (χ3v) is 15.5. The molecule has 4 nitrogen and oxygen atoms in total. The molecule has 30 heavy (non-hydrogen) atoms. The number of nitrogens with one attached hydrogen (secondary N) is 1. The summed E-state index contributed by atoms with van der Waals surface area (Å²) in [7, 11) is 1.57. The minimum Gasteiger partial charge on any atom is -0.415 e. The van der Waals surface area contributed by atoms with Crippen molar-refractivity contribution < 1.29 is 18.0 Å². The molecule has 0 aliphatic rings. The van der Waals surface area contributed by atoms with Crippen LogP contribution < -0.4 is 10.8 Å². The Morgan fingerprint density at radius 1 is 1.00 bits per heavy atom. The second-order valence-electron chi connectivity index (χ2n) is 11.1. The fourth-order valence-electron chi connectivity index (χ4n) is 2.16. The van der Waals surface area contributed by atoms with E-state index in [1.165, 1.54) is 12.1 Å². The van der Waals surface area contributed by atoms with Crippen molar-refractivity contribution in [1.82, 2.24) is 5.32 Å². The third-order valence-electron chi connectivity index (χ3n) is 6.48. The van der Waals surface area contributed by atoms with E-state index in [-0.39, 0.29) is 27.1 Å². The van der Waals surface area contributed by atoms with Crippen LogP contribution in [0.15, 0.2) is 18.2 Å². The Morgan fingerprint density at radius 2 is 1.43 bits per heavy atom. The molecule has 168 valence electrons. The SMILES string of the molecule is [B]c1ccc(C(=O)NC(CO[Si](C)(C)C(C)(C)C)CO[Si](C)(C)C(C)(C)C)c(F)c1. The van der Waals surface area contributed by atoms with Crippen molar-refractivity contribution in [2.75, 3.05) is 13.2 Å². The van der Waals surface area contributed by atoms with Crippen LogP contribution in [0.2, 0.25) is 36.3 Å². The monoisotopic (exact) mass is 451 g/mol. The molecule has 0 aliphatic carbocycles. The molecule has 1 aromatic rings. The van der Waals surface area contributed by atoms with Gasteiger partial charge in [0.05, 0.1) is 24.8 Å². The van der Waals surface area contributed by atoms with E-state index in [2.05, 4.69) is 73.0 Å². The van der Waals surface area contributed by atoms with Crippen molar-refractivity contribution in [2.45, 2.75) is 83.8 Å². The lowest BCUT2D eigenvalue weighted by atomic mass is 9.95. The molecule has 0 saturated heterocycles. The summed E-state index contributed by atoms with van der Waals surface area (Å²) >= 11 is 0. The summed E-state index contributed by atoms with van der Waals surface area (Å²) in [6, 6.07) is 3.70. The first-order chi connectivity index (χ1) is 13.4. The second-order valence-corrected chi connectivity index (χ2v) is 20.7. The van der Waals surface area contributed by atoms with Crippen LogP contribution in [0, 0.1) is 5.82 Å². The molecule has 0 aliphatic heterocycles. The van der Waals surface area contributed by atoms with E-state index in [1.54, 1.807) is 0 Å². The molecule has 1 aromatic carbocycles. The maximum Gasteiger partial charge on any atom is 0.254 e. The Balaban J connectivity index is 3.00. The molecule has 1 amide bonds. The van der Waals surface area contributed by atoms with E-state index >= 15 is 0 Å². The van der Waals surface area contributed by atoms with Crippen molar-refractivity contribution in [2.24, 2.45) is 0 Å². The molecule has 1 rings (SSSR count). The van der Waals surface area contributed by atoms with Gasteiger partial charge in [-0.1, -0.05) is 53.1 Å². The van der Waals surface area contributed by atoms with Crippen molar-refractivity contribution in [3.05, 3.63) is 29.6 Å². The molecule has 0 unspecified atom stereocenters. The summed E-state index contributed by atoms with van der Waals surface area (Å²) in [5.74, 6) is -1.13. The number of benzene rings is 1. The maximum absolute atomic E-state index is 14.2. The predicted octanol–water partition coefficient (Wildman–Crippen LogP) is 4.76. The Labute approximate surface area is 186 Å². The van der Waals surface area contributed by atoms with Gasteiger partial charge in [0.1, 0.15) is 13.7 Å². The summed E-state index contributed by atoms with van der Waals surface area (Å²) in [5.41, 5.74) is 0.247. The van der Waals surface area contributed by atoms with Gasteiger partial charge in [0.25, 0.3) is 5.91 Å². The predicted molar refractivity (Wildman–Crippen MR) is 129 cm³/mol. The highest BCUT2D eigenvalue weighted by Crippen LogP contribution is 2.38. The summed E-state index contributed by atoms with van der Waals surface area (Å²) in [6.07, 6.45) is 0. The number of halogens is 1. The van der Waals surface area contributed by atoms with Gasteiger partial charge < -0.3 is 14.2 Å². The zero-order chi connectivity index (χ0) is 23.5. The smallest absolute Gasteiger partial charge is 0.254 e. The first kappa shape index (κ1) is 27.1. The molecule has 0 spiro atoms. The van der Waals surface area contributed by atoms with Crippen LogP contribution in [0.1, 0.15) is 51.9 Å². The minimum atomic E-state index is -2.01. The molecular formula is C22H39BFNO3Si2. The van der Waals surface area contributed by atoms with Gasteiger partial charge in [-0.15, -0.1) is 0 Å². The van der Waals surface area contributed by atoms with Gasteiger partial charge in [-0.25, -0.2) is 4.39 Å². The summed E-state index contributed by atoms with van der Waals surface area (Å²) in [6.45, 7) is 22.3. The van der Waals surface area contributed by atoms with Crippen LogP contribution >= 0.6 is 0 Å². The van der Waals surface area contributed by atoms with Crippen LogP contribution in [-0.2, 0) is 8.85 Å². The average Bonchev–Trinajstić information content (AvgIpc) is 2.55. The molecule has 0 heterocycles. The van der Waals surface area contributed by atoms with Crippen LogP contribution in [-0.4, -0.2) is 49.6 Å². The number of rotatable bonds is 8. The molecule has 0 bridgehead atoms. The second kappa shape index (κ2) is 9.67. The van der Waals surface area contributed by atoms with Crippen LogP contribution in [0.3, 0.4) is 0 Å². The molecule has 2 radical (unpaired) electrons. The maximum atomic E-state index is 14.2. The van der Waals surface area contributed by atoms with Crippen LogP contribution in [0.25, 0.3) is 0 Å². The van der Waals surface area contributed by atoms with Crippen molar-refractivity contribution in [1.29, 1.82) is 0 Å². The summed E-state index contributed by atoms with van der Waals surface area (Å²) < 4.78 is 26.9. The topological polar surface area (TPSA) is 47.6 Å². The Bertz CT molecular complexity index is 713. The van der Waals surface area contributed by atoms with E-state index in [0.29, 0.717) is 13.2 Å². The average molecular weight is 452 g/mol. The number of amides is 1. The number of hydrogen-bond acceptors (Lipinski definition) is 3. The standard InChI is InChI=1S/C22H39BFNO3Si2/c1-21(2,3)29(7,8)27-14-17(15-28-30(9,10)22(4,5)6)25-20(26)18-12-11-16(23)13-19(18)24/h11-13,17H,14-15H2,1-10H3,(H,25,26). The highest BCUT2D eigenvalue weighted by Gasteiger charge is 2.40. The van der Waals surface area contributed by atoms with Crippen molar-refractivity contribution >= 4 is 35.9 Å². The highest BCUT2D eigenvalue weighted by atomic mass is 28.4. The molecule has 0 saturated carbocycles. The zero-order valence-electron chi connectivity index (χ0n) is 20.4. The van der Waals surface area contributed by atoms with Gasteiger partial charge in [-0.05, 0) is 48.4 Å². The number of carbonyl (C=O) groups excluding carboxylic acids is 1. The molecule has 8 heteroatoms. The Kier molecular flexibility index (Phi) is 8.73. The number of hydrogen-bond donors (Lipinski definition) is 1. The fourth-order valence-corrected chi connectivity index (χ4v) is 4.26. The van der Waals surface area contributed by atoms with Crippen molar-refractivity contribution in [3.8, 4) is 0 Å². The van der Waals surface area contributed by atoms with E-state index in [9.17, 15) is 9.18 Å². The largest absolute Gasteiger partial charge is 0.415 e. The molecule has 0 atom stereocenters. The van der Waals surface area contributed by atoms with Crippen LogP contribution in [0.4, 0.5) is 4.39 Å². The first-order valence-corrected chi connectivity index (χ1v) is 16.3. The van der Waals surface area contributed by atoms with Gasteiger partial charge in [-0.2, -0.15) is 0 Å². The quantitative estimate of drug-likeness (QED) is 0.580. The first-order valence-electron chi connectivity index (χ1n) is 10.5. The van der Waals surface area contributed by atoms with Gasteiger partial charge in [0, 0.05) is 0 Å². The summed E-state index contributed by atoms with van der Waals surface area (Å²) in [5, 5.41) is 3.01. The van der Waals surface area contributed by atoms with E-state index < -0.39 is 28.4 Å². The lowest BCUT2D eigenvalue weighted by Gasteiger charge is -2.39. The van der Waals surface area contributed by atoms with E-state index in [4.69, 9.17) is 16.7 Å². The van der Waals surface area contributed by atoms with Gasteiger partial charge >= 0.3 is 0 Å².